The second kappa shape index (κ2) is 6.22. The van der Waals surface area contributed by atoms with Gasteiger partial charge in [0, 0.05) is 23.0 Å². The van der Waals surface area contributed by atoms with Crippen molar-refractivity contribution in [3.63, 3.8) is 0 Å². The van der Waals surface area contributed by atoms with Gasteiger partial charge in [-0.3, -0.25) is 4.79 Å². The molecule has 2 unspecified atom stereocenters. The van der Waals surface area contributed by atoms with E-state index in [0.29, 0.717) is 6.42 Å². The first-order chi connectivity index (χ1) is 9.41. The van der Waals surface area contributed by atoms with Gasteiger partial charge in [0.25, 0.3) is 0 Å². The summed E-state index contributed by atoms with van der Waals surface area (Å²) in [6.45, 7) is 3.94. The number of nitrogens with zero attached hydrogens (tertiary/aromatic N) is 1. The average Bonchev–Trinajstić information content (AvgIpc) is 2.51. The molecule has 5 heteroatoms. The number of carbonyl (C=O) groups is 1. The molecule has 0 bridgehead atoms. The highest BCUT2D eigenvalue weighted by Crippen LogP contribution is 2.35. The Labute approximate surface area is 127 Å². The summed E-state index contributed by atoms with van der Waals surface area (Å²) in [5, 5.41) is 0. The predicted octanol–water partition coefficient (Wildman–Crippen LogP) is 3.38. The van der Waals surface area contributed by atoms with E-state index in [1.807, 2.05) is 13.8 Å². The smallest absolute Gasteiger partial charge is 0.223 e. The van der Waals surface area contributed by atoms with Crippen LogP contribution in [0.3, 0.4) is 0 Å². The summed E-state index contributed by atoms with van der Waals surface area (Å²) in [6.07, 6.45) is 2.06. The molecule has 1 aliphatic heterocycles. The van der Waals surface area contributed by atoms with Gasteiger partial charge in [-0.2, -0.15) is 0 Å². The Morgan fingerprint density at radius 1 is 1.45 bits per heavy atom. The normalized spacial score (nSPS) is 24.1. The van der Waals surface area contributed by atoms with Crippen LogP contribution in [0.1, 0.15) is 44.7 Å². The third-order valence-electron chi connectivity index (χ3n) is 3.75. The van der Waals surface area contributed by atoms with Crippen molar-refractivity contribution < 1.29 is 9.18 Å². The number of carbonyl (C=O) groups excluding carboxylic acids is 1. The number of benzene rings is 1. The van der Waals surface area contributed by atoms with Crippen LogP contribution >= 0.6 is 15.9 Å². The van der Waals surface area contributed by atoms with Crippen LogP contribution in [0, 0.1) is 5.82 Å². The van der Waals surface area contributed by atoms with Crippen LogP contribution in [0.2, 0.25) is 0 Å². The molecule has 0 saturated carbocycles. The van der Waals surface area contributed by atoms with E-state index in [-0.39, 0.29) is 29.8 Å². The summed E-state index contributed by atoms with van der Waals surface area (Å²) in [5.74, 6) is -0.218. The van der Waals surface area contributed by atoms with Crippen molar-refractivity contribution in [2.75, 3.05) is 0 Å². The van der Waals surface area contributed by atoms with Crippen molar-refractivity contribution in [1.29, 1.82) is 0 Å². The Hall–Kier alpha value is -0.940. The number of nitrogens with two attached hydrogens (primary N) is 1. The number of amides is 1. The lowest BCUT2D eigenvalue weighted by Gasteiger charge is -2.37. The minimum atomic E-state index is -0.309. The first kappa shape index (κ1) is 15.4. The minimum Gasteiger partial charge on any atom is -0.332 e. The maximum absolute atomic E-state index is 13.6. The van der Waals surface area contributed by atoms with E-state index in [9.17, 15) is 9.18 Å². The molecule has 2 N–H and O–H groups in total. The van der Waals surface area contributed by atoms with Crippen LogP contribution < -0.4 is 5.73 Å². The van der Waals surface area contributed by atoms with Gasteiger partial charge in [0.15, 0.2) is 0 Å². The maximum atomic E-state index is 13.6. The van der Waals surface area contributed by atoms with Gasteiger partial charge < -0.3 is 10.6 Å². The van der Waals surface area contributed by atoms with Gasteiger partial charge in [-0.25, -0.2) is 4.39 Å². The summed E-state index contributed by atoms with van der Waals surface area (Å²) in [7, 11) is 0. The van der Waals surface area contributed by atoms with E-state index in [1.54, 1.807) is 11.0 Å². The monoisotopic (exact) mass is 342 g/mol. The quantitative estimate of drug-likeness (QED) is 0.895. The second-order valence-corrected chi connectivity index (χ2v) is 6.42. The van der Waals surface area contributed by atoms with Gasteiger partial charge in [0.05, 0.1) is 6.04 Å². The Kier molecular flexibility index (Phi) is 4.81. The van der Waals surface area contributed by atoms with Crippen LogP contribution in [0.15, 0.2) is 22.7 Å². The first-order valence-electron chi connectivity index (χ1n) is 6.93. The molecule has 1 saturated heterocycles. The molecule has 1 aliphatic rings. The number of hydrogen-bond acceptors (Lipinski definition) is 2. The van der Waals surface area contributed by atoms with Crippen molar-refractivity contribution >= 4 is 21.8 Å². The van der Waals surface area contributed by atoms with E-state index in [2.05, 4.69) is 15.9 Å². The summed E-state index contributed by atoms with van der Waals surface area (Å²) in [5.41, 5.74) is 7.03. The number of likely N-dealkylation sites (tertiary alicyclic amines) is 1. The van der Waals surface area contributed by atoms with Gasteiger partial charge in [-0.1, -0.05) is 15.9 Å². The summed E-state index contributed by atoms with van der Waals surface area (Å²) >= 11 is 3.46. The van der Waals surface area contributed by atoms with Crippen LogP contribution in [0.4, 0.5) is 4.39 Å². The highest BCUT2D eigenvalue weighted by Gasteiger charge is 2.35. The molecule has 0 aromatic heterocycles. The molecule has 3 nitrogen and oxygen atoms in total. The number of hydrogen-bond donors (Lipinski definition) is 1. The van der Waals surface area contributed by atoms with Crippen LogP contribution in [-0.2, 0) is 4.79 Å². The molecule has 0 spiro atoms. The Morgan fingerprint density at radius 3 is 2.80 bits per heavy atom. The molecule has 0 aliphatic carbocycles. The van der Waals surface area contributed by atoms with E-state index < -0.39 is 0 Å². The molecule has 1 heterocycles. The van der Waals surface area contributed by atoms with E-state index >= 15 is 0 Å². The summed E-state index contributed by atoms with van der Waals surface area (Å²) in [4.78, 5) is 14.1. The lowest BCUT2D eigenvalue weighted by molar-refractivity contribution is -0.135. The summed E-state index contributed by atoms with van der Waals surface area (Å²) < 4.78 is 14.4. The van der Waals surface area contributed by atoms with Gasteiger partial charge >= 0.3 is 0 Å². The molecule has 20 heavy (non-hydrogen) atoms. The Balaban J connectivity index is 2.51. The third kappa shape index (κ3) is 3.04. The standard InChI is InChI=1S/C15H20BrFN2O/c1-9(2)19-14(20)5-3-4-13(18)15(19)11-8-10(17)6-7-12(11)16/h6-9,13,15H,3-5,18H2,1-2H3. The molecule has 1 aromatic carbocycles. The topological polar surface area (TPSA) is 46.3 Å². The average molecular weight is 343 g/mol. The molecule has 110 valence electrons. The highest BCUT2D eigenvalue weighted by molar-refractivity contribution is 9.10. The van der Waals surface area contributed by atoms with Crippen molar-refractivity contribution in [3.8, 4) is 0 Å². The van der Waals surface area contributed by atoms with Crippen LogP contribution in [0.5, 0.6) is 0 Å². The Morgan fingerprint density at radius 2 is 2.15 bits per heavy atom. The first-order valence-corrected chi connectivity index (χ1v) is 7.72. The molecule has 1 amide bonds. The fourth-order valence-corrected chi connectivity index (χ4v) is 3.35. The largest absolute Gasteiger partial charge is 0.332 e. The SMILES string of the molecule is CC(C)N1C(=O)CCCC(N)C1c1cc(F)ccc1Br. The fraction of sp³-hybridized carbons (Fsp3) is 0.533. The van der Waals surface area contributed by atoms with Gasteiger partial charge in [0.1, 0.15) is 5.82 Å². The van der Waals surface area contributed by atoms with Gasteiger partial charge in [-0.15, -0.1) is 0 Å². The van der Waals surface area contributed by atoms with E-state index in [4.69, 9.17) is 5.73 Å². The van der Waals surface area contributed by atoms with Crippen LogP contribution in [0.25, 0.3) is 0 Å². The lowest BCUT2D eigenvalue weighted by Crippen LogP contribution is -2.45. The molecular weight excluding hydrogens is 323 g/mol. The van der Waals surface area contributed by atoms with Gasteiger partial charge in [0.2, 0.25) is 5.91 Å². The summed E-state index contributed by atoms with van der Waals surface area (Å²) in [6, 6.07) is 4.12. The minimum absolute atomic E-state index is 0.0341. The van der Waals surface area contributed by atoms with Crippen molar-refractivity contribution in [2.24, 2.45) is 5.73 Å². The van der Waals surface area contributed by atoms with Gasteiger partial charge in [-0.05, 0) is 50.5 Å². The van der Waals surface area contributed by atoms with Crippen LogP contribution in [-0.4, -0.2) is 22.9 Å². The molecule has 2 rings (SSSR count). The highest BCUT2D eigenvalue weighted by atomic mass is 79.9. The number of rotatable bonds is 2. The molecule has 1 fully saturated rings. The lowest BCUT2D eigenvalue weighted by atomic mass is 9.95. The van der Waals surface area contributed by atoms with Crippen molar-refractivity contribution in [2.45, 2.75) is 51.2 Å². The predicted molar refractivity (Wildman–Crippen MR) is 80.6 cm³/mol. The zero-order chi connectivity index (χ0) is 14.9. The third-order valence-corrected chi connectivity index (χ3v) is 4.48. The molecule has 1 aromatic rings. The fourth-order valence-electron chi connectivity index (χ4n) is 2.87. The zero-order valence-corrected chi connectivity index (χ0v) is 13.4. The number of halogens is 2. The van der Waals surface area contributed by atoms with E-state index in [0.717, 1.165) is 22.9 Å². The molecular formula is C15H20BrFN2O. The Bertz CT molecular complexity index is 507. The van der Waals surface area contributed by atoms with E-state index in [1.165, 1.54) is 12.1 Å². The molecule has 0 radical (unpaired) electrons. The second-order valence-electron chi connectivity index (χ2n) is 5.56. The zero-order valence-electron chi connectivity index (χ0n) is 11.8. The van der Waals surface area contributed by atoms with Crippen molar-refractivity contribution in [3.05, 3.63) is 34.1 Å². The maximum Gasteiger partial charge on any atom is 0.223 e. The molecule has 2 atom stereocenters. The van der Waals surface area contributed by atoms with Crippen molar-refractivity contribution in [1.82, 2.24) is 4.90 Å².